The van der Waals surface area contributed by atoms with Crippen LogP contribution < -0.4 is 10.2 Å². The molecule has 0 saturated carbocycles. The maximum atomic E-state index is 4.23. The minimum absolute atomic E-state index is 0.534. The van der Waals surface area contributed by atoms with Crippen LogP contribution in [0.2, 0.25) is 0 Å². The molecule has 0 spiro atoms. The molecule has 106 valence electrons. The Hall–Kier alpha value is -1.46. The van der Waals surface area contributed by atoms with Crippen LogP contribution in [0.25, 0.3) is 0 Å². The van der Waals surface area contributed by atoms with Crippen molar-refractivity contribution in [1.82, 2.24) is 15.5 Å². The van der Waals surface area contributed by atoms with E-state index in [9.17, 15) is 0 Å². The first kappa shape index (κ1) is 13.5. The quantitative estimate of drug-likeness (QED) is 0.918. The Bertz CT molecular complexity index is 540. The summed E-state index contributed by atoms with van der Waals surface area (Å²) in [5.74, 6) is 1.00. The van der Waals surface area contributed by atoms with Crippen molar-refractivity contribution >= 4 is 17.2 Å². The van der Waals surface area contributed by atoms with E-state index in [1.807, 2.05) is 17.4 Å². The van der Waals surface area contributed by atoms with E-state index in [4.69, 9.17) is 0 Å². The van der Waals surface area contributed by atoms with Crippen molar-refractivity contribution in [1.29, 1.82) is 0 Å². The number of hydrogen-bond acceptors (Lipinski definition) is 5. The van der Waals surface area contributed by atoms with Crippen LogP contribution in [0.4, 0.5) is 5.82 Å². The lowest BCUT2D eigenvalue weighted by Crippen LogP contribution is -2.38. The van der Waals surface area contributed by atoms with Gasteiger partial charge in [0.2, 0.25) is 0 Å². The zero-order valence-corrected chi connectivity index (χ0v) is 12.6. The van der Waals surface area contributed by atoms with Crippen LogP contribution in [0.5, 0.6) is 0 Å². The normalized spacial score (nSPS) is 18.6. The lowest BCUT2D eigenvalue weighted by molar-refractivity contribution is 0.571. The van der Waals surface area contributed by atoms with Crippen molar-refractivity contribution in [3.63, 3.8) is 0 Å². The summed E-state index contributed by atoms with van der Waals surface area (Å²) >= 11 is 1.83. The third-order valence-corrected chi connectivity index (χ3v) is 4.89. The highest BCUT2D eigenvalue weighted by molar-refractivity contribution is 7.10. The molecule has 1 saturated heterocycles. The van der Waals surface area contributed by atoms with Crippen molar-refractivity contribution in [2.75, 3.05) is 18.0 Å². The molecule has 0 radical (unpaired) electrons. The maximum Gasteiger partial charge on any atom is 0.151 e. The van der Waals surface area contributed by atoms with E-state index < -0.39 is 0 Å². The van der Waals surface area contributed by atoms with Gasteiger partial charge < -0.3 is 10.2 Å². The second kappa shape index (κ2) is 6.33. The molecule has 0 aromatic carbocycles. The predicted octanol–water partition coefficient (Wildman–Crippen LogP) is 2.61. The number of thiophene rings is 1. The van der Waals surface area contributed by atoms with Crippen molar-refractivity contribution in [3.8, 4) is 0 Å². The summed E-state index contributed by atoms with van der Waals surface area (Å²) < 4.78 is 0. The summed E-state index contributed by atoms with van der Waals surface area (Å²) in [6.45, 7) is 5.24. The van der Waals surface area contributed by atoms with E-state index in [1.165, 1.54) is 23.3 Å². The van der Waals surface area contributed by atoms with Crippen LogP contribution >= 0.6 is 11.3 Å². The van der Waals surface area contributed by atoms with Gasteiger partial charge in [-0.1, -0.05) is 0 Å². The highest BCUT2D eigenvalue weighted by atomic mass is 32.1. The first-order valence-electron chi connectivity index (χ1n) is 7.12. The van der Waals surface area contributed by atoms with Gasteiger partial charge in [0.05, 0.1) is 0 Å². The number of nitrogens with one attached hydrogen (secondary N) is 1. The maximum absolute atomic E-state index is 4.23. The van der Waals surface area contributed by atoms with Crippen LogP contribution in [0.1, 0.15) is 23.3 Å². The van der Waals surface area contributed by atoms with E-state index in [0.717, 1.165) is 25.5 Å². The summed E-state index contributed by atoms with van der Waals surface area (Å²) in [5, 5.41) is 14.0. The third kappa shape index (κ3) is 2.99. The zero-order chi connectivity index (χ0) is 13.8. The van der Waals surface area contributed by atoms with Gasteiger partial charge in [-0.25, -0.2) is 0 Å². The summed E-state index contributed by atoms with van der Waals surface area (Å²) in [5.41, 5.74) is 1.39. The van der Waals surface area contributed by atoms with Crippen LogP contribution in [0.15, 0.2) is 29.8 Å². The highest BCUT2D eigenvalue weighted by Crippen LogP contribution is 2.22. The fourth-order valence-corrected chi connectivity index (χ4v) is 3.61. The molecule has 20 heavy (non-hydrogen) atoms. The molecule has 0 amide bonds. The minimum Gasteiger partial charge on any atom is -0.351 e. The van der Waals surface area contributed by atoms with Gasteiger partial charge in [0.1, 0.15) is 0 Å². The molecule has 3 rings (SSSR count). The SMILES string of the molecule is Cc1ccsc1CNC[C@@H]1CCCN1c1cccnn1. The van der Waals surface area contributed by atoms with Crippen molar-refractivity contribution < 1.29 is 0 Å². The van der Waals surface area contributed by atoms with E-state index in [0.29, 0.717) is 6.04 Å². The molecule has 3 heterocycles. The molecule has 2 aromatic rings. The summed E-state index contributed by atoms with van der Waals surface area (Å²) in [6, 6.07) is 6.73. The fraction of sp³-hybridized carbons (Fsp3) is 0.467. The molecular weight excluding hydrogens is 268 g/mol. The molecule has 1 aliphatic heterocycles. The molecule has 0 aliphatic carbocycles. The van der Waals surface area contributed by atoms with Gasteiger partial charge in [0, 0.05) is 36.8 Å². The minimum atomic E-state index is 0.534. The Morgan fingerprint density at radius 1 is 1.45 bits per heavy atom. The van der Waals surface area contributed by atoms with Crippen LogP contribution in [0, 0.1) is 6.92 Å². The average Bonchev–Trinajstić information content (AvgIpc) is 3.10. The Morgan fingerprint density at radius 2 is 2.40 bits per heavy atom. The second-order valence-electron chi connectivity index (χ2n) is 5.23. The third-order valence-electron chi connectivity index (χ3n) is 3.86. The van der Waals surface area contributed by atoms with Crippen molar-refractivity contribution in [2.45, 2.75) is 32.4 Å². The molecule has 1 aliphatic rings. The van der Waals surface area contributed by atoms with Gasteiger partial charge >= 0.3 is 0 Å². The Morgan fingerprint density at radius 3 is 3.15 bits per heavy atom. The lowest BCUT2D eigenvalue weighted by Gasteiger charge is -2.25. The molecule has 4 nitrogen and oxygen atoms in total. The van der Waals surface area contributed by atoms with Crippen LogP contribution in [-0.4, -0.2) is 29.3 Å². The predicted molar refractivity (Wildman–Crippen MR) is 83.2 cm³/mol. The first-order chi connectivity index (χ1) is 9.84. The molecule has 1 atom stereocenters. The number of nitrogens with zero attached hydrogens (tertiary/aromatic N) is 3. The molecular formula is C15H20N4S. The Kier molecular flexibility index (Phi) is 4.28. The van der Waals surface area contributed by atoms with E-state index in [2.05, 4.69) is 44.9 Å². The van der Waals surface area contributed by atoms with Crippen LogP contribution in [-0.2, 0) is 6.54 Å². The Balaban J connectivity index is 1.56. The summed E-state index contributed by atoms with van der Waals surface area (Å²) in [7, 11) is 0. The topological polar surface area (TPSA) is 41.0 Å². The van der Waals surface area contributed by atoms with Gasteiger partial charge in [-0.15, -0.1) is 16.4 Å². The number of anilines is 1. The molecule has 2 aromatic heterocycles. The molecule has 0 unspecified atom stereocenters. The molecule has 5 heteroatoms. The second-order valence-corrected chi connectivity index (χ2v) is 6.23. The molecule has 1 N–H and O–H groups in total. The molecule has 1 fully saturated rings. The van der Waals surface area contributed by atoms with Gasteiger partial charge in [0.15, 0.2) is 5.82 Å². The lowest BCUT2D eigenvalue weighted by atomic mass is 10.2. The van der Waals surface area contributed by atoms with E-state index in [-0.39, 0.29) is 0 Å². The largest absolute Gasteiger partial charge is 0.351 e. The number of aromatic nitrogens is 2. The van der Waals surface area contributed by atoms with Crippen molar-refractivity contribution in [2.24, 2.45) is 0 Å². The summed E-state index contributed by atoms with van der Waals surface area (Å²) in [4.78, 5) is 3.82. The van der Waals surface area contributed by atoms with Gasteiger partial charge in [-0.2, -0.15) is 5.10 Å². The van der Waals surface area contributed by atoms with Gasteiger partial charge in [-0.05, 0) is 48.9 Å². The highest BCUT2D eigenvalue weighted by Gasteiger charge is 2.25. The zero-order valence-electron chi connectivity index (χ0n) is 11.7. The smallest absolute Gasteiger partial charge is 0.151 e. The van der Waals surface area contributed by atoms with E-state index >= 15 is 0 Å². The first-order valence-corrected chi connectivity index (χ1v) is 8.00. The van der Waals surface area contributed by atoms with Crippen LogP contribution in [0.3, 0.4) is 0 Å². The monoisotopic (exact) mass is 288 g/mol. The molecule has 0 bridgehead atoms. The van der Waals surface area contributed by atoms with Crippen molar-refractivity contribution in [3.05, 3.63) is 40.2 Å². The number of hydrogen-bond donors (Lipinski definition) is 1. The van der Waals surface area contributed by atoms with Gasteiger partial charge in [0.25, 0.3) is 0 Å². The number of rotatable bonds is 5. The van der Waals surface area contributed by atoms with E-state index in [1.54, 1.807) is 6.20 Å². The number of aryl methyl sites for hydroxylation is 1. The summed E-state index contributed by atoms with van der Waals surface area (Å²) in [6.07, 6.45) is 4.19. The standard InChI is InChI=1S/C15H20N4S/c1-12-6-9-20-14(12)11-16-10-13-4-3-8-19(13)15-5-2-7-17-18-15/h2,5-7,9,13,16H,3-4,8,10-11H2,1H3/t13-/m0/s1. The fourth-order valence-electron chi connectivity index (χ4n) is 2.73. The van der Waals surface area contributed by atoms with Gasteiger partial charge in [-0.3, -0.25) is 0 Å². The average molecular weight is 288 g/mol. The Labute approximate surface area is 123 Å².